The van der Waals surface area contributed by atoms with E-state index in [0.717, 1.165) is 11.1 Å². The number of benzene rings is 1. The Balaban J connectivity index is 2.90. The van der Waals surface area contributed by atoms with Gasteiger partial charge in [-0.15, -0.1) is 0 Å². The molecule has 0 spiro atoms. The van der Waals surface area contributed by atoms with Gasteiger partial charge in [0.1, 0.15) is 0 Å². The van der Waals surface area contributed by atoms with E-state index >= 15 is 0 Å². The lowest BCUT2D eigenvalue weighted by molar-refractivity contribution is -0.112. The number of ether oxygens (including phenoxy) is 1. The Labute approximate surface area is 134 Å². The Morgan fingerprint density at radius 3 is 2.18 bits per heavy atom. The second-order valence-corrected chi connectivity index (χ2v) is 5.86. The van der Waals surface area contributed by atoms with Gasteiger partial charge in [0.25, 0.3) is 0 Å². The van der Waals surface area contributed by atoms with Gasteiger partial charge in [0.15, 0.2) is 5.78 Å². The van der Waals surface area contributed by atoms with Crippen LogP contribution in [0.5, 0.6) is 0 Å². The summed E-state index contributed by atoms with van der Waals surface area (Å²) in [6, 6.07) is 8.41. The normalized spacial score (nSPS) is 14.9. The summed E-state index contributed by atoms with van der Waals surface area (Å²) in [7, 11) is 5.79. The highest BCUT2D eigenvalue weighted by Crippen LogP contribution is 2.28. The van der Waals surface area contributed by atoms with Crippen LogP contribution in [-0.4, -0.2) is 27.0 Å². The molecule has 0 heterocycles. The Morgan fingerprint density at radius 2 is 1.73 bits per heavy atom. The molecule has 0 aliphatic rings. The molecule has 120 valence electrons. The number of carbonyl (C=O) groups excluding carboxylic acids is 1. The topological polar surface area (TPSA) is 29.5 Å². The predicted octanol–water partition coefficient (Wildman–Crippen LogP) is 4.17. The zero-order chi connectivity index (χ0) is 16.7. The number of ketones is 1. The highest BCUT2D eigenvalue weighted by atomic mass is 16.5. The van der Waals surface area contributed by atoms with E-state index in [9.17, 15) is 4.79 Å². The van der Waals surface area contributed by atoms with Gasteiger partial charge in [-0.2, -0.15) is 0 Å². The maximum absolute atomic E-state index is 11.0. The number of methoxy groups -OCH3 is 1. The summed E-state index contributed by atoms with van der Waals surface area (Å²) < 4.78 is 5.68. The van der Waals surface area contributed by atoms with Crippen LogP contribution < -0.4 is 4.90 Å². The molecule has 1 rings (SSSR count). The molecule has 0 amide bonds. The van der Waals surface area contributed by atoms with Crippen molar-refractivity contribution in [2.24, 2.45) is 5.92 Å². The molecule has 0 aliphatic heterocycles. The van der Waals surface area contributed by atoms with Crippen molar-refractivity contribution in [3.63, 3.8) is 0 Å². The van der Waals surface area contributed by atoms with Crippen LogP contribution >= 0.6 is 0 Å². The Kier molecular flexibility index (Phi) is 7.06. The minimum atomic E-state index is -0.00288. The monoisotopic (exact) mass is 301 g/mol. The second kappa shape index (κ2) is 8.54. The summed E-state index contributed by atoms with van der Waals surface area (Å²) in [6.07, 6.45) is 5.57. The number of hydrogen-bond donors (Lipinski definition) is 0. The SMILES string of the molecule is COC(c1ccc(N(C)C)cc1)[C@H](C)/C=C(C)/C=C/C(C)=O. The molecule has 1 unspecified atom stereocenters. The molecular weight excluding hydrogens is 274 g/mol. The molecule has 3 heteroatoms. The Morgan fingerprint density at radius 1 is 1.14 bits per heavy atom. The third-order valence-corrected chi connectivity index (χ3v) is 3.58. The first kappa shape index (κ1) is 18.2. The van der Waals surface area contributed by atoms with Crippen molar-refractivity contribution >= 4 is 11.5 Å². The van der Waals surface area contributed by atoms with Crippen LogP contribution in [0.25, 0.3) is 0 Å². The van der Waals surface area contributed by atoms with Crippen LogP contribution in [0.4, 0.5) is 5.69 Å². The highest BCUT2D eigenvalue weighted by molar-refractivity contribution is 5.87. The first-order valence-corrected chi connectivity index (χ1v) is 7.52. The Hall–Kier alpha value is -1.87. The van der Waals surface area contributed by atoms with E-state index in [2.05, 4.69) is 42.2 Å². The molecule has 0 aromatic heterocycles. The summed E-state index contributed by atoms with van der Waals surface area (Å²) in [5.74, 6) is 0.273. The van der Waals surface area contributed by atoms with Gasteiger partial charge in [0.2, 0.25) is 0 Å². The van der Waals surface area contributed by atoms with Crippen molar-refractivity contribution in [2.75, 3.05) is 26.1 Å². The number of allylic oxidation sites excluding steroid dienone is 3. The van der Waals surface area contributed by atoms with Crippen LogP contribution in [0.1, 0.15) is 32.4 Å². The summed E-state index contributed by atoms with van der Waals surface area (Å²) in [5.41, 5.74) is 3.39. The lowest BCUT2D eigenvalue weighted by atomic mass is 9.95. The molecule has 1 aromatic rings. The zero-order valence-electron chi connectivity index (χ0n) is 14.5. The lowest BCUT2D eigenvalue weighted by Crippen LogP contribution is -2.12. The molecule has 3 nitrogen and oxygen atoms in total. The van der Waals surface area contributed by atoms with Gasteiger partial charge in [-0.1, -0.05) is 36.8 Å². The van der Waals surface area contributed by atoms with Crippen LogP contribution in [-0.2, 0) is 9.53 Å². The standard InChI is InChI=1S/C19H27NO2/c1-14(7-8-16(3)21)13-15(2)19(22-6)17-9-11-18(12-10-17)20(4)5/h7-13,15,19H,1-6H3/b8-7+,14-13+/t15-,19?/m1/s1. The van der Waals surface area contributed by atoms with Crippen LogP contribution in [0.15, 0.2) is 48.1 Å². The Bertz CT molecular complexity index is 541. The number of anilines is 1. The highest BCUT2D eigenvalue weighted by Gasteiger charge is 2.17. The van der Waals surface area contributed by atoms with Gasteiger partial charge in [-0.05, 0) is 37.6 Å². The van der Waals surface area contributed by atoms with Gasteiger partial charge in [0.05, 0.1) is 6.10 Å². The molecule has 1 aromatic carbocycles. The smallest absolute Gasteiger partial charge is 0.152 e. The van der Waals surface area contributed by atoms with Crippen molar-refractivity contribution in [3.05, 3.63) is 53.6 Å². The van der Waals surface area contributed by atoms with E-state index in [-0.39, 0.29) is 17.8 Å². The fourth-order valence-electron chi connectivity index (χ4n) is 2.42. The number of hydrogen-bond acceptors (Lipinski definition) is 3. The third kappa shape index (κ3) is 5.49. The first-order chi connectivity index (χ1) is 10.3. The van der Waals surface area contributed by atoms with Crippen LogP contribution in [0.3, 0.4) is 0 Å². The van der Waals surface area contributed by atoms with E-state index in [0.29, 0.717) is 0 Å². The minimum absolute atomic E-state index is 0.00288. The molecule has 2 atom stereocenters. The molecule has 0 radical (unpaired) electrons. The maximum atomic E-state index is 11.0. The van der Waals surface area contributed by atoms with Crippen molar-refractivity contribution in [1.29, 1.82) is 0 Å². The van der Waals surface area contributed by atoms with Crippen molar-refractivity contribution in [2.45, 2.75) is 26.9 Å². The van der Waals surface area contributed by atoms with Gasteiger partial charge in [0, 0.05) is 32.8 Å². The maximum Gasteiger partial charge on any atom is 0.152 e. The summed E-state index contributed by atoms with van der Waals surface area (Å²) in [4.78, 5) is 13.1. The van der Waals surface area contributed by atoms with E-state index < -0.39 is 0 Å². The summed E-state index contributed by atoms with van der Waals surface area (Å²) in [5, 5.41) is 0. The molecule has 0 aliphatic carbocycles. The average Bonchev–Trinajstić information content (AvgIpc) is 2.46. The van der Waals surface area contributed by atoms with Crippen LogP contribution in [0.2, 0.25) is 0 Å². The van der Waals surface area contributed by atoms with E-state index in [1.54, 1.807) is 20.1 Å². The fourth-order valence-corrected chi connectivity index (χ4v) is 2.42. The molecule has 0 N–H and O–H groups in total. The zero-order valence-corrected chi connectivity index (χ0v) is 14.5. The third-order valence-electron chi connectivity index (χ3n) is 3.58. The van der Waals surface area contributed by atoms with E-state index in [4.69, 9.17) is 4.74 Å². The van der Waals surface area contributed by atoms with Crippen molar-refractivity contribution in [3.8, 4) is 0 Å². The van der Waals surface area contributed by atoms with Gasteiger partial charge >= 0.3 is 0 Å². The lowest BCUT2D eigenvalue weighted by Gasteiger charge is -2.22. The first-order valence-electron chi connectivity index (χ1n) is 7.52. The van der Waals surface area contributed by atoms with Gasteiger partial charge < -0.3 is 9.64 Å². The molecule has 0 fully saturated rings. The van der Waals surface area contributed by atoms with E-state index in [1.165, 1.54) is 5.69 Å². The largest absolute Gasteiger partial charge is 0.378 e. The quantitative estimate of drug-likeness (QED) is 0.559. The van der Waals surface area contributed by atoms with Crippen molar-refractivity contribution < 1.29 is 9.53 Å². The molecule has 0 saturated heterocycles. The predicted molar refractivity (Wildman–Crippen MR) is 93.3 cm³/mol. The summed E-state index contributed by atoms with van der Waals surface area (Å²) >= 11 is 0. The molecule has 0 bridgehead atoms. The van der Waals surface area contributed by atoms with Crippen LogP contribution in [0, 0.1) is 5.92 Å². The minimum Gasteiger partial charge on any atom is -0.378 e. The van der Waals surface area contributed by atoms with E-state index in [1.807, 2.05) is 27.1 Å². The fraction of sp³-hybridized carbons (Fsp3) is 0.421. The molecular formula is C19H27NO2. The molecule has 22 heavy (non-hydrogen) atoms. The number of rotatable bonds is 7. The number of nitrogens with zero attached hydrogens (tertiary/aromatic N) is 1. The molecule has 0 saturated carbocycles. The summed E-state index contributed by atoms with van der Waals surface area (Å²) in [6.45, 7) is 5.68. The van der Waals surface area contributed by atoms with Crippen molar-refractivity contribution in [1.82, 2.24) is 0 Å². The number of carbonyl (C=O) groups is 1. The second-order valence-electron chi connectivity index (χ2n) is 5.86. The van der Waals surface area contributed by atoms with Gasteiger partial charge in [-0.25, -0.2) is 0 Å². The average molecular weight is 301 g/mol. The van der Waals surface area contributed by atoms with Gasteiger partial charge in [-0.3, -0.25) is 4.79 Å².